The Kier molecular flexibility index (Phi) is 31.7. The van der Waals surface area contributed by atoms with Crippen molar-refractivity contribution >= 4 is 43.2 Å². The average Bonchev–Trinajstić information content (AvgIpc) is 3.21. The van der Waals surface area contributed by atoms with Crippen molar-refractivity contribution in [3.05, 3.63) is 0 Å². The van der Waals surface area contributed by atoms with Gasteiger partial charge in [-0.3, -0.25) is 27.4 Å². The summed E-state index contributed by atoms with van der Waals surface area (Å²) in [6, 6.07) is 0. The molecule has 0 radical (unpaired) electrons. The summed E-state index contributed by atoms with van der Waals surface area (Å²) in [6.45, 7) is 0.175. The third kappa shape index (κ3) is 31.8. The van der Waals surface area contributed by atoms with Crippen LogP contribution >= 0.6 is 31.3 Å². The van der Waals surface area contributed by atoms with Gasteiger partial charge in [-0.25, -0.2) is 23.1 Å². The smallest absolute Gasteiger partial charge is 0.456 e. The molecule has 0 spiro atoms. The van der Waals surface area contributed by atoms with Crippen LogP contribution in [-0.2, 0) is 59.9 Å². The van der Waals surface area contributed by atoms with Gasteiger partial charge in [-0.15, -0.1) is 6.42 Å². The molecule has 0 aromatic rings. The standard InChI is InChI=1S/C40H52O22P4.H3N.13H2/c1-3-5-7-9-11-13-15-17-19-21-23-25-27-29-34(42)58-32(30-56-33(41)28-26-24-22-20-18-16-14-12-10-8-6-4-2)31-57-66(54,55)62-37-35(43)38(59-63(45,46)47)40(61-65(51,52)53)39(36(37)44)60-64(48,49)50;;;;;;;;;;;;;;/h2,32,35-40,43-44H,3,5,7,9,11,13,15,17,19,21,23,25,27,29-31H2,1H3,(H,54,55)(H2,45,46,47)(H2,48,49,50)(H2,51,52,53);1H3;13*1H/t32-,35+,36?,37?,38+,39-,40?;;;;;;;;;;;;;;/m1............../s1. The zero-order valence-corrected chi connectivity index (χ0v) is 39.8. The molecule has 0 aromatic heterocycles. The molecule has 0 saturated heterocycles. The van der Waals surface area contributed by atoms with E-state index in [-0.39, 0.29) is 31.1 Å². The predicted molar refractivity (Wildman–Crippen MR) is 263 cm³/mol. The Morgan fingerprint density at radius 1 is 0.552 bits per heavy atom. The Balaban J connectivity index is -0.000000259. The molecule has 8 atom stereocenters. The summed E-state index contributed by atoms with van der Waals surface area (Å²) in [6.07, 6.45) is -0.129. The summed E-state index contributed by atoms with van der Waals surface area (Å²) in [5, 5.41) is 21.7. The first-order valence-electron chi connectivity index (χ1n) is 20.0. The monoisotopic (exact) mass is 1050 g/mol. The average molecular weight is 1050 g/mol. The molecule has 0 bridgehead atoms. The molecule has 1 aliphatic rings. The van der Waals surface area contributed by atoms with E-state index in [4.69, 9.17) is 24.9 Å². The van der Waals surface area contributed by atoms with E-state index in [1.807, 2.05) is 5.92 Å². The number of esters is 2. The summed E-state index contributed by atoms with van der Waals surface area (Å²) < 4.78 is 81.1. The molecule has 67 heavy (non-hydrogen) atoms. The third-order valence-electron chi connectivity index (χ3n) is 8.49. The molecule has 12 N–H and O–H groups in total. The molecule has 1 rings (SSSR count). The molecule has 0 heterocycles. The summed E-state index contributed by atoms with van der Waals surface area (Å²) in [5.41, 5.74) is 0. The molecular formula is C40H81NO22P4. The Hall–Kier alpha value is -3.82. The van der Waals surface area contributed by atoms with Crippen molar-refractivity contribution in [2.24, 2.45) is 0 Å². The Bertz CT molecular complexity index is 2230. The lowest BCUT2D eigenvalue weighted by atomic mass is 9.85. The quantitative estimate of drug-likeness (QED) is 0.0150. The topological polar surface area (TPSA) is 384 Å². The minimum Gasteiger partial charge on any atom is -0.456 e. The maximum absolute atomic E-state index is 13.2. The molecule has 1 aliphatic carbocycles. The van der Waals surface area contributed by atoms with Gasteiger partial charge in [0.25, 0.3) is 0 Å². The van der Waals surface area contributed by atoms with Gasteiger partial charge >= 0.3 is 43.2 Å². The van der Waals surface area contributed by atoms with Crippen LogP contribution in [0.15, 0.2) is 0 Å². The number of hydrogen-bond acceptors (Lipinski definition) is 16. The molecule has 0 aromatic carbocycles. The van der Waals surface area contributed by atoms with Gasteiger partial charge in [-0.05, 0) is 77.5 Å². The molecule has 4 unspecified atom stereocenters. The highest BCUT2D eigenvalue weighted by Crippen LogP contribution is 2.53. The first kappa shape index (κ1) is 63.2. The lowest BCUT2D eigenvalue weighted by Gasteiger charge is -2.45. The Morgan fingerprint density at radius 3 is 1.36 bits per heavy atom. The van der Waals surface area contributed by atoms with Crippen LogP contribution in [0.3, 0.4) is 0 Å². The number of terminal acetylenes is 1. The first-order chi connectivity index (χ1) is 31.0. The van der Waals surface area contributed by atoms with Gasteiger partial charge in [0.2, 0.25) is 0 Å². The fourth-order valence-electron chi connectivity index (χ4n) is 5.73. The van der Waals surface area contributed by atoms with Crippen molar-refractivity contribution in [1.82, 2.24) is 6.15 Å². The fourth-order valence-corrected chi connectivity index (χ4v) is 8.38. The van der Waals surface area contributed by atoms with Crippen LogP contribution in [0.1, 0.15) is 115 Å². The van der Waals surface area contributed by atoms with E-state index in [2.05, 4.69) is 91.5 Å². The maximum Gasteiger partial charge on any atom is 0.472 e. The number of hydrogen-bond donors (Lipinski definition) is 10. The lowest BCUT2D eigenvalue weighted by molar-refractivity contribution is -0.209. The van der Waals surface area contributed by atoms with Crippen molar-refractivity contribution in [1.29, 1.82) is 0 Å². The fraction of sp³-hybridized carbons (Fsp3) is 0.600. The number of aliphatic hydroxyl groups is 2. The molecule has 0 amide bonds. The largest absolute Gasteiger partial charge is 0.472 e. The number of carbonyl (C=O) groups is 2. The predicted octanol–water partition coefficient (Wildman–Crippen LogP) is 5.61. The zero-order chi connectivity index (χ0) is 49.7. The number of rotatable bonds is 28. The van der Waals surface area contributed by atoms with Crippen LogP contribution in [-0.4, -0.2) is 112 Å². The molecular weight excluding hydrogens is 970 g/mol. The number of phosphoric ester groups is 4. The molecule has 1 saturated carbocycles. The summed E-state index contributed by atoms with van der Waals surface area (Å²) in [7, 11) is -23.2. The minimum atomic E-state index is -5.82. The van der Waals surface area contributed by atoms with E-state index in [0.717, 1.165) is 32.1 Å². The van der Waals surface area contributed by atoms with Gasteiger partial charge in [0.15, 0.2) is 6.10 Å². The van der Waals surface area contributed by atoms with Gasteiger partial charge in [0.1, 0.15) is 43.2 Å². The number of ether oxygens (including phenoxy) is 2. The van der Waals surface area contributed by atoms with Gasteiger partial charge in [-0.2, -0.15) is 0 Å². The van der Waals surface area contributed by atoms with Gasteiger partial charge in [0.05, 0.1) is 6.61 Å². The number of phosphoric acid groups is 4. The van der Waals surface area contributed by atoms with Crippen molar-refractivity contribution in [3.63, 3.8) is 0 Å². The molecule has 27 heteroatoms. The first-order valence-corrected chi connectivity index (χ1v) is 26.1. The Labute approximate surface area is 408 Å². The lowest BCUT2D eigenvalue weighted by Crippen LogP contribution is -2.65. The minimum absolute atomic E-state index is 0. The number of unbranched alkanes of at least 4 members (excludes halogenated alkanes) is 12. The van der Waals surface area contributed by atoms with Crippen LogP contribution in [0.5, 0.6) is 0 Å². The second-order valence-electron chi connectivity index (χ2n) is 13.8. The number of aliphatic hydroxyl groups excluding tert-OH is 2. The Morgan fingerprint density at radius 2 is 0.940 bits per heavy atom. The second kappa shape index (κ2) is 33.6. The normalized spacial score (nSPS) is 20.0. The van der Waals surface area contributed by atoms with E-state index in [0.29, 0.717) is 12.8 Å². The summed E-state index contributed by atoms with van der Waals surface area (Å²) in [5.74, 6) is 27.3. The molecule has 1 fully saturated rings. The molecule has 398 valence electrons. The molecule has 0 aliphatic heterocycles. The van der Waals surface area contributed by atoms with E-state index in [1.165, 1.54) is 38.5 Å². The summed E-state index contributed by atoms with van der Waals surface area (Å²) in [4.78, 5) is 91.9. The van der Waals surface area contributed by atoms with Crippen molar-refractivity contribution < 1.29 is 123 Å². The van der Waals surface area contributed by atoms with Crippen molar-refractivity contribution in [3.8, 4) is 83.4 Å². The zero-order valence-electron chi connectivity index (χ0n) is 36.3. The van der Waals surface area contributed by atoms with Crippen LogP contribution in [0.4, 0.5) is 0 Å². The number of carbonyl (C=O) groups excluding carboxylic acids is 2. The van der Waals surface area contributed by atoms with Gasteiger partial charge < -0.3 is 60.1 Å². The van der Waals surface area contributed by atoms with E-state index >= 15 is 0 Å². The van der Waals surface area contributed by atoms with Crippen LogP contribution in [0.25, 0.3) is 0 Å². The SMILES string of the molecule is C#CC#CC#CC#CC#CC#CC#CC(=O)OC[C@H](COP(=O)(O)OC1C(O)[C@@H](OP(=O)(O)O)C(OP(=O)(O)O)[C@@H](OP(=O)(O)O)[C@H]1O)OC(=O)CCCCCCCCCCCCCCC.N.[HH].[HH].[HH].[HH].[HH].[HH].[HH].[HH].[HH].[HH].[HH].[HH].[HH]. The highest BCUT2D eigenvalue weighted by molar-refractivity contribution is 7.47. The third-order valence-corrected chi connectivity index (χ3v) is 11.0. The van der Waals surface area contributed by atoms with Crippen LogP contribution in [0.2, 0.25) is 0 Å². The highest BCUT2D eigenvalue weighted by atomic mass is 31.2. The van der Waals surface area contributed by atoms with Crippen molar-refractivity contribution in [2.45, 2.75) is 140 Å². The highest BCUT2D eigenvalue weighted by Gasteiger charge is 2.59. The van der Waals surface area contributed by atoms with Gasteiger partial charge in [-0.1, -0.05) is 84.0 Å². The van der Waals surface area contributed by atoms with Crippen LogP contribution < -0.4 is 6.15 Å². The van der Waals surface area contributed by atoms with E-state index in [9.17, 15) is 72.3 Å². The maximum atomic E-state index is 13.2. The van der Waals surface area contributed by atoms with E-state index in [1.54, 1.807) is 0 Å². The van der Waals surface area contributed by atoms with Gasteiger partial charge in [0, 0.05) is 30.9 Å². The van der Waals surface area contributed by atoms with Crippen LogP contribution in [0, 0.1) is 83.4 Å². The second-order valence-corrected chi connectivity index (χ2v) is 18.8. The molecule has 23 nitrogen and oxygen atoms in total. The summed E-state index contributed by atoms with van der Waals surface area (Å²) >= 11 is 0. The van der Waals surface area contributed by atoms with E-state index < -0.39 is 99.2 Å². The van der Waals surface area contributed by atoms with Crippen molar-refractivity contribution in [2.75, 3.05) is 13.2 Å².